The normalized spacial score (nSPS) is 26.3. The first-order valence-electron chi connectivity index (χ1n) is 4.54. The number of methoxy groups -OCH3 is 2. The minimum atomic E-state index is -0.678. The van der Waals surface area contributed by atoms with Gasteiger partial charge in [-0.1, -0.05) is 11.6 Å². The third-order valence-electron chi connectivity index (χ3n) is 2.35. The zero-order valence-electron chi connectivity index (χ0n) is 9.09. The summed E-state index contributed by atoms with van der Waals surface area (Å²) in [5.74, 6) is 0.559. The zero-order valence-corrected chi connectivity index (χ0v) is 9.09. The molecule has 1 unspecified atom stereocenters. The lowest BCUT2D eigenvalue weighted by molar-refractivity contribution is -0.146. The molecule has 0 heterocycles. The highest BCUT2D eigenvalue weighted by molar-refractivity contribution is 5.81. The number of hydrogen-bond donors (Lipinski definition) is 0. The molecular formula is C11H16O3. The Balaban J connectivity index is 3.01. The van der Waals surface area contributed by atoms with Crippen LogP contribution in [-0.4, -0.2) is 20.2 Å². The lowest BCUT2D eigenvalue weighted by Gasteiger charge is -2.25. The number of rotatable bonds is 2. The molecule has 14 heavy (non-hydrogen) atoms. The smallest absolute Gasteiger partial charge is 0.319 e. The molecule has 0 aromatic carbocycles. The van der Waals surface area contributed by atoms with Crippen LogP contribution in [0.1, 0.15) is 20.3 Å². The summed E-state index contributed by atoms with van der Waals surface area (Å²) >= 11 is 0. The summed E-state index contributed by atoms with van der Waals surface area (Å²) < 4.78 is 9.91. The highest BCUT2D eigenvalue weighted by Gasteiger charge is 2.33. The fraction of sp³-hybridized carbons (Fsp3) is 0.545. The van der Waals surface area contributed by atoms with E-state index in [0.717, 1.165) is 17.8 Å². The molecule has 0 aliphatic heterocycles. The maximum Gasteiger partial charge on any atom is 0.319 e. The maximum absolute atomic E-state index is 11.5. The van der Waals surface area contributed by atoms with Gasteiger partial charge in [-0.25, -0.2) is 0 Å². The van der Waals surface area contributed by atoms with Crippen LogP contribution in [0.15, 0.2) is 23.5 Å². The molecule has 0 radical (unpaired) electrons. The highest BCUT2D eigenvalue weighted by Crippen LogP contribution is 2.33. The second-order valence-electron chi connectivity index (χ2n) is 3.76. The monoisotopic (exact) mass is 196 g/mol. The van der Waals surface area contributed by atoms with Crippen molar-refractivity contribution < 1.29 is 14.3 Å². The number of carbonyl (C=O) groups is 1. The summed E-state index contributed by atoms with van der Waals surface area (Å²) in [6.45, 7) is 3.80. The van der Waals surface area contributed by atoms with Crippen LogP contribution in [-0.2, 0) is 14.3 Å². The summed E-state index contributed by atoms with van der Waals surface area (Å²) in [5.41, 5.74) is 0.444. The minimum Gasteiger partial charge on any atom is -0.501 e. The molecule has 1 atom stereocenters. The molecule has 0 fully saturated rings. The number of ether oxygens (including phenoxy) is 2. The van der Waals surface area contributed by atoms with Gasteiger partial charge in [0.25, 0.3) is 0 Å². The second-order valence-corrected chi connectivity index (χ2v) is 3.76. The summed E-state index contributed by atoms with van der Waals surface area (Å²) in [4.78, 5) is 11.5. The first kappa shape index (κ1) is 10.8. The van der Waals surface area contributed by atoms with Crippen molar-refractivity contribution >= 4 is 5.97 Å². The van der Waals surface area contributed by atoms with Crippen LogP contribution in [0.25, 0.3) is 0 Å². The van der Waals surface area contributed by atoms with E-state index in [0.29, 0.717) is 0 Å². The standard InChI is InChI=1S/C11H16O3/c1-8-5-9(13-3)7-11(2,6-8)10(12)14-4/h6-7H,5H2,1-4H3. The molecule has 0 bridgehead atoms. The molecular weight excluding hydrogens is 180 g/mol. The van der Waals surface area contributed by atoms with Crippen LogP contribution in [0.3, 0.4) is 0 Å². The van der Waals surface area contributed by atoms with Gasteiger partial charge in [-0.2, -0.15) is 0 Å². The fourth-order valence-electron chi connectivity index (χ4n) is 1.73. The van der Waals surface area contributed by atoms with Crippen molar-refractivity contribution in [1.29, 1.82) is 0 Å². The van der Waals surface area contributed by atoms with Gasteiger partial charge in [-0.3, -0.25) is 4.79 Å². The third-order valence-corrected chi connectivity index (χ3v) is 2.35. The van der Waals surface area contributed by atoms with Crippen molar-refractivity contribution in [3.63, 3.8) is 0 Å². The second kappa shape index (κ2) is 3.86. The van der Waals surface area contributed by atoms with Crippen molar-refractivity contribution in [2.45, 2.75) is 20.3 Å². The van der Waals surface area contributed by atoms with Crippen LogP contribution in [0.4, 0.5) is 0 Å². The third kappa shape index (κ3) is 1.97. The van der Waals surface area contributed by atoms with E-state index in [2.05, 4.69) is 0 Å². The Kier molecular flexibility index (Phi) is 2.99. The Labute approximate surface area is 84.4 Å². The first-order valence-corrected chi connectivity index (χ1v) is 4.54. The van der Waals surface area contributed by atoms with Crippen molar-refractivity contribution in [2.75, 3.05) is 14.2 Å². The number of allylic oxidation sites excluding steroid dienone is 1. The molecule has 1 aliphatic carbocycles. The minimum absolute atomic E-state index is 0.258. The molecule has 78 valence electrons. The van der Waals surface area contributed by atoms with Crippen LogP contribution < -0.4 is 0 Å². The van der Waals surface area contributed by atoms with E-state index in [4.69, 9.17) is 9.47 Å². The topological polar surface area (TPSA) is 35.5 Å². The SMILES string of the molecule is COC(=O)C1(C)C=C(C)CC(OC)=C1. The lowest BCUT2D eigenvalue weighted by atomic mass is 9.83. The molecule has 1 aliphatic rings. The maximum atomic E-state index is 11.5. The molecule has 0 aromatic heterocycles. The van der Waals surface area contributed by atoms with Crippen molar-refractivity contribution in [2.24, 2.45) is 5.41 Å². The van der Waals surface area contributed by atoms with E-state index >= 15 is 0 Å². The molecule has 3 heteroatoms. The lowest BCUT2D eigenvalue weighted by Crippen LogP contribution is -2.27. The molecule has 3 nitrogen and oxygen atoms in total. The predicted octanol–water partition coefficient (Wildman–Crippen LogP) is 2.05. The van der Waals surface area contributed by atoms with Gasteiger partial charge in [0.15, 0.2) is 0 Å². The van der Waals surface area contributed by atoms with Crippen LogP contribution in [0, 0.1) is 5.41 Å². The summed E-state index contributed by atoms with van der Waals surface area (Å²) in [6.07, 6.45) is 4.50. The average Bonchev–Trinajstić information content (AvgIpc) is 2.15. The summed E-state index contributed by atoms with van der Waals surface area (Å²) in [5, 5.41) is 0. The molecule has 0 saturated heterocycles. The van der Waals surface area contributed by atoms with Crippen LogP contribution in [0.2, 0.25) is 0 Å². The predicted molar refractivity (Wildman–Crippen MR) is 53.6 cm³/mol. The van der Waals surface area contributed by atoms with E-state index in [1.807, 2.05) is 26.0 Å². The Hall–Kier alpha value is -1.25. The van der Waals surface area contributed by atoms with E-state index in [1.54, 1.807) is 7.11 Å². The molecule has 0 spiro atoms. The molecule has 0 saturated carbocycles. The van der Waals surface area contributed by atoms with Gasteiger partial charge in [0.05, 0.1) is 20.0 Å². The van der Waals surface area contributed by atoms with Gasteiger partial charge in [0.2, 0.25) is 0 Å². The van der Waals surface area contributed by atoms with Gasteiger partial charge >= 0.3 is 5.97 Å². The first-order chi connectivity index (χ1) is 6.51. The molecule has 0 N–H and O–H groups in total. The van der Waals surface area contributed by atoms with Gasteiger partial charge < -0.3 is 9.47 Å². The Morgan fingerprint density at radius 1 is 1.43 bits per heavy atom. The van der Waals surface area contributed by atoms with Gasteiger partial charge in [-0.15, -0.1) is 0 Å². The van der Waals surface area contributed by atoms with E-state index in [9.17, 15) is 4.79 Å². The Morgan fingerprint density at radius 2 is 2.07 bits per heavy atom. The van der Waals surface area contributed by atoms with Crippen molar-refractivity contribution in [1.82, 2.24) is 0 Å². The average molecular weight is 196 g/mol. The van der Waals surface area contributed by atoms with E-state index in [1.165, 1.54) is 7.11 Å². The van der Waals surface area contributed by atoms with E-state index < -0.39 is 5.41 Å². The number of carbonyl (C=O) groups excluding carboxylic acids is 1. The molecule has 1 rings (SSSR count). The molecule has 0 amide bonds. The molecule has 0 aromatic rings. The van der Waals surface area contributed by atoms with Crippen molar-refractivity contribution in [3.8, 4) is 0 Å². The van der Waals surface area contributed by atoms with Gasteiger partial charge in [0.1, 0.15) is 5.41 Å². The van der Waals surface area contributed by atoms with Crippen LogP contribution in [0.5, 0.6) is 0 Å². The number of esters is 1. The fourth-order valence-corrected chi connectivity index (χ4v) is 1.73. The zero-order chi connectivity index (χ0) is 10.8. The van der Waals surface area contributed by atoms with E-state index in [-0.39, 0.29) is 5.97 Å². The van der Waals surface area contributed by atoms with Gasteiger partial charge in [-0.05, 0) is 19.9 Å². The Bertz CT molecular complexity index is 302. The highest BCUT2D eigenvalue weighted by atomic mass is 16.5. The number of hydrogen-bond acceptors (Lipinski definition) is 3. The summed E-state index contributed by atoms with van der Waals surface area (Å²) in [7, 11) is 3.01. The largest absolute Gasteiger partial charge is 0.501 e. The summed E-state index contributed by atoms with van der Waals surface area (Å²) in [6, 6.07) is 0. The quantitative estimate of drug-likeness (QED) is 0.501. The van der Waals surface area contributed by atoms with Gasteiger partial charge in [0, 0.05) is 6.42 Å². The van der Waals surface area contributed by atoms with Crippen molar-refractivity contribution in [3.05, 3.63) is 23.5 Å². The van der Waals surface area contributed by atoms with Crippen LogP contribution >= 0.6 is 0 Å². The Morgan fingerprint density at radius 3 is 2.57 bits per heavy atom.